The summed E-state index contributed by atoms with van der Waals surface area (Å²) in [6.07, 6.45) is 7.09. The molecule has 0 saturated heterocycles. The molecule has 0 bridgehead atoms. The summed E-state index contributed by atoms with van der Waals surface area (Å²) in [5, 5.41) is 4.40. The molecule has 1 unspecified atom stereocenters. The smallest absolute Gasteiger partial charge is 0.163 e. The molecule has 7 nitrogen and oxygen atoms in total. The van der Waals surface area contributed by atoms with E-state index in [0.29, 0.717) is 11.4 Å². The topological polar surface area (TPSA) is 87.6 Å². The Balaban J connectivity index is 1.82. The van der Waals surface area contributed by atoms with E-state index in [9.17, 15) is 0 Å². The maximum absolute atomic E-state index is 6.39. The summed E-state index contributed by atoms with van der Waals surface area (Å²) in [5.74, 6) is 1.41. The van der Waals surface area contributed by atoms with E-state index in [1.807, 2.05) is 42.6 Å². The first kappa shape index (κ1) is 17.0. The Morgan fingerprint density at radius 3 is 2.67 bits per heavy atom. The van der Waals surface area contributed by atoms with Gasteiger partial charge in [0.25, 0.3) is 0 Å². The van der Waals surface area contributed by atoms with Crippen molar-refractivity contribution >= 4 is 5.65 Å². The number of hydrogen-bond acceptors (Lipinski definition) is 6. The summed E-state index contributed by atoms with van der Waals surface area (Å²) in [4.78, 5) is 8.90. The molecule has 0 aliphatic carbocycles. The Kier molecular flexibility index (Phi) is 4.43. The molecule has 0 saturated carbocycles. The SMILES string of the molecule is COc1ccc(-c2cnn3ccc(C(N)c4cccnc4)nc23)c(OC)c1. The molecule has 4 rings (SSSR count). The average Bonchev–Trinajstić information content (AvgIpc) is 3.16. The van der Waals surface area contributed by atoms with Crippen LogP contribution >= 0.6 is 0 Å². The van der Waals surface area contributed by atoms with Gasteiger partial charge in [0.1, 0.15) is 11.5 Å². The molecule has 0 aliphatic heterocycles. The molecule has 136 valence electrons. The van der Waals surface area contributed by atoms with Crippen LogP contribution in [0.3, 0.4) is 0 Å². The van der Waals surface area contributed by atoms with Gasteiger partial charge in [-0.2, -0.15) is 5.10 Å². The van der Waals surface area contributed by atoms with Gasteiger partial charge in [-0.1, -0.05) is 6.07 Å². The number of nitrogens with zero attached hydrogens (tertiary/aromatic N) is 4. The monoisotopic (exact) mass is 361 g/mol. The third-order valence-electron chi connectivity index (χ3n) is 4.45. The van der Waals surface area contributed by atoms with Crippen LogP contribution in [0.5, 0.6) is 11.5 Å². The van der Waals surface area contributed by atoms with Gasteiger partial charge in [-0.05, 0) is 29.8 Å². The summed E-state index contributed by atoms with van der Waals surface area (Å²) in [5.41, 5.74) is 10.5. The third kappa shape index (κ3) is 3.09. The molecule has 27 heavy (non-hydrogen) atoms. The number of fused-ring (bicyclic) bond motifs is 1. The number of rotatable bonds is 5. The first-order valence-electron chi connectivity index (χ1n) is 8.43. The van der Waals surface area contributed by atoms with Gasteiger partial charge < -0.3 is 15.2 Å². The van der Waals surface area contributed by atoms with Crippen LogP contribution in [0.1, 0.15) is 17.3 Å². The minimum atomic E-state index is -0.371. The minimum Gasteiger partial charge on any atom is -0.497 e. The van der Waals surface area contributed by atoms with E-state index in [4.69, 9.17) is 20.2 Å². The van der Waals surface area contributed by atoms with Crippen molar-refractivity contribution in [2.24, 2.45) is 5.73 Å². The molecule has 1 atom stereocenters. The van der Waals surface area contributed by atoms with Gasteiger partial charge in [0, 0.05) is 30.2 Å². The van der Waals surface area contributed by atoms with E-state index >= 15 is 0 Å². The number of ether oxygens (including phenoxy) is 2. The van der Waals surface area contributed by atoms with E-state index < -0.39 is 0 Å². The fraction of sp³-hybridized carbons (Fsp3) is 0.150. The van der Waals surface area contributed by atoms with Crippen molar-refractivity contribution < 1.29 is 9.47 Å². The lowest BCUT2D eigenvalue weighted by atomic mass is 10.1. The number of benzene rings is 1. The van der Waals surface area contributed by atoms with E-state index in [1.54, 1.807) is 37.3 Å². The lowest BCUT2D eigenvalue weighted by Gasteiger charge is -2.12. The molecular weight excluding hydrogens is 342 g/mol. The molecule has 0 amide bonds. The average molecular weight is 361 g/mol. The molecule has 0 fully saturated rings. The van der Waals surface area contributed by atoms with Crippen LogP contribution in [0.15, 0.2) is 61.2 Å². The zero-order valence-corrected chi connectivity index (χ0v) is 15.0. The van der Waals surface area contributed by atoms with E-state index in [-0.39, 0.29) is 6.04 Å². The molecule has 1 aromatic carbocycles. The summed E-state index contributed by atoms with van der Waals surface area (Å²) < 4.78 is 12.5. The van der Waals surface area contributed by atoms with E-state index in [0.717, 1.165) is 28.1 Å². The standard InChI is InChI=1S/C20H19N5O2/c1-26-14-5-6-15(18(10-14)27-2)16-12-23-25-9-7-17(24-20(16)25)19(21)13-4-3-8-22-11-13/h3-12,19H,21H2,1-2H3. The second-order valence-corrected chi connectivity index (χ2v) is 6.01. The maximum atomic E-state index is 6.39. The van der Waals surface area contributed by atoms with Crippen LogP contribution in [0, 0.1) is 0 Å². The van der Waals surface area contributed by atoms with Crippen LogP contribution in [-0.2, 0) is 0 Å². The van der Waals surface area contributed by atoms with E-state index in [1.165, 1.54) is 0 Å². The summed E-state index contributed by atoms with van der Waals surface area (Å²) >= 11 is 0. The number of pyridine rings is 1. The van der Waals surface area contributed by atoms with Gasteiger partial charge >= 0.3 is 0 Å². The largest absolute Gasteiger partial charge is 0.497 e. The Hall–Kier alpha value is -3.45. The predicted molar refractivity (Wildman–Crippen MR) is 102 cm³/mol. The third-order valence-corrected chi connectivity index (χ3v) is 4.45. The van der Waals surface area contributed by atoms with Gasteiger partial charge in [0.05, 0.1) is 37.7 Å². The molecule has 0 aliphatic rings. The summed E-state index contributed by atoms with van der Waals surface area (Å²) in [6.45, 7) is 0. The summed E-state index contributed by atoms with van der Waals surface area (Å²) in [7, 11) is 3.25. The van der Waals surface area contributed by atoms with Crippen LogP contribution in [0.2, 0.25) is 0 Å². The Labute approximate surface area is 156 Å². The lowest BCUT2D eigenvalue weighted by Crippen LogP contribution is -2.14. The fourth-order valence-electron chi connectivity index (χ4n) is 3.00. The Morgan fingerprint density at radius 2 is 1.93 bits per heavy atom. The maximum Gasteiger partial charge on any atom is 0.163 e. The van der Waals surface area contributed by atoms with Gasteiger partial charge in [0.15, 0.2) is 5.65 Å². The summed E-state index contributed by atoms with van der Waals surface area (Å²) in [6, 6.07) is 10.9. The second-order valence-electron chi connectivity index (χ2n) is 6.01. The van der Waals surface area contributed by atoms with Crippen molar-refractivity contribution in [2.75, 3.05) is 14.2 Å². The molecule has 7 heteroatoms. The van der Waals surface area contributed by atoms with Crippen molar-refractivity contribution in [3.05, 3.63) is 72.4 Å². The molecule has 3 heterocycles. The van der Waals surface area contributed by atoms with Crippen LogP contribution in [-0.4, -0.2) is 33.8 Å². The van der Waals surface area contributed by atoms with Crippen LogP contribution in [0.4, 0.5) is 0 Å². The molecular formula is C20H19N5O2. The highest BCUT2D eigenvalue weighted by atomic mass is 16.5. The zero-order valence-electron chi connectivity index (χ0n) is 15.0. The van der Waals surface area contributed by atoms with Crippen molar-refractivity contribution in [1.29, 1.82) is 0 Å². The quantitative estimate of drug-likeness (QED) is 0.588. The van der Waals surface area contributed by atoms with Crippen molar-refractivity contribution in [1.82, 2.24) is 19.6 Å². The zero-order chi connectivity index (χ0) is 18.8. The van der Waals surface area contributed by atoms with Crippen LogP contribution < -0.4 is 15.2 Å². The minimum absolute atomic E-state index is 0.371. The van der Waals surface area contributed by atoms with Crippen molar-refractivity contribution in [3.63, 3.8) is 0 Å². The molecule has 2 N–H and O–H groups in total. The van der Waals surface area contributed by atoms with Gasteiger partial charge in [-0.25, -0.2) is 9.50 Å². The highest BCUT2D eigenvalue weighted by Crippen LogP contribution is 2.35. The van der Waals surface area contributed by atoms with Gasteiger partial charge in [0.2, 0.25) is 0 Å². The highest BCUT2D eigenvalue weighted by molar-refractivity contribution is 5.81. The second kappa shape index (κ2) is 7.05. The molecule has 0 radical (unpaired) electrons. The number of hydrogen-bond donors (Lipinski definition) is 1. The van der Waals surface area contributed by atoms with Crippen molar-refractivity contribution in [2.45, 2.75) is 6.04 Å². The Morgan fingerprint density at radius 1 is 1.04 bits per heavy atom. The first-order valence-corrected chi connectivity index (χ1v) is 8.43. The fourth-order valence-corrected chi connectivity index (χ4v) is 3.00. The van der Waals surface area contributed by atoms with Crippen LogP contribution in [0.25, 0.3) is 16.8 Å². The Bertz CT molecular complexity index is 1080. The molecule has 3 aromatic heterocycles. The lowest BCUT2D eigenvalue weighted by molar-refractivity contribution is 0.395. The normalized spacial score (nSPS) is 12.1. The van der Waals surface area contributed by atoms with Gasteiger partial charge in [-0.3, -0.25) is 4.98 Å². The van der Waals surface area contributed by atoms with E-state index in [2.05, 4.69) is 10.1 Å². The van der Waals surface area contributed by atoms with Crippen molar-refractivity contribution in [3.8, 4) is 22.6 Å². The highest BCUT2D eigenvalue weighted by Gasteiger charge is 2.17. The number of methoxy groups -OCH3 is 2. The molecule has 4 aromatic rings. The predicted octanol–water partition coefficient (Wildman–Crippen LogP) is 2.86. The first-order chi connectivity index (χ1) is 13.2. The van der Waals surface area contributed by atoms with Gasteiger partial charge in [-0.15, -0.1) is 0 Å². The number of aromatic nitrogens is 4. The number of nitrogens with two attached hydrogens (primary N) is 1. The molecule has 0 spiro atoms.